The van der Waals surface area contributed by atoms with Crippen molar-refractivity contribution in [3.05, 3.63) is 64.0 Å². The SMILES string of the molecule is Cc1ccc(OCc2ccc(CN3CCS(=O)(=O)CC3)cc2C)c(-c2csc(N3CCC(C)(C(=O)O)[C@@H](C)C3)n2)c1. The monoisotopic (exact) mass is 597 g/mol. The van der Waals surface area contributed by atoms with Gasteiger partial charge in [-0.15, -0.1) is 11.3 Å². The van der Waals surface area contributed by atoms with Crippen molar-refractivity contribution < 1.29 is 23.1 Å². The molecule has 2 aromatic carbocycles. The van der Waals surface area contributed by atoms with Gasteiger partial charge in [-0.25, -0.2) is 13.4 Å². The van der Waals surface area contributed by atoms with Crippen LogP contribution >= 0.6 is 11.3 Å². The number of carboxylic acids is 1. The highest BCUT2D eigenvalue weighted by atomic mass is 32.2. The van der Waals surface area contributed by atoms with Crippen LogP contribution in [0.4, 0.5) is 5.13 Å². The van der Waals surface area contributed by atoms with Gasteiger partial charge in [0, 0.05) is 43.7 Å². The summed E-state index contributed by atoms with van der Waals surface area (Å²) in [6.45, 7) is 11.7. The van der Waals surface area contributed by atoms with E-state index in [1.165, 1.54) is 5.56 Å². The maximum Gasteiger partial charge on any atom is 0.309 e. The summed E-state index contributed by atoms with van der Waals surface area (Å²) in [5.74, 6) is 0.535. The van der Waals surface area contributed by atoms with Crippen molar-refractivity contribution in [3.63, 3.8) is 0 Å². The third-order valence-electron chi connectivity index (χ3n) is 8.78. The molecular weight excluding hydrogens is 558 g/mol. The number of carbonyl (C=O) groups is 1. The lowest BCUT2D eigenvalue weighted by atomic mass is 9.73. The Labute approximate surface area is 246 Å². The van der Waals surface area contributed by atoms with Crippen molar-refractivity contribution in [2.75, 3.05) is 42.6 Å². The minimum Gasteiger partial charge on any atom is -0.488 e. The van der Waals surface area contributed by atoms with Gasteiger partial charge in [-0.1, -0.05) is 36.8 Å². The zero-order chi connectivity index (χ0) is 29.4. The number of thiazole rings is 1. The lowest BCUT2D eigenvalue weighted by molar-refractivity contribution is -0.152. The molecule has 0 saturated carbocycles. The molecule has 2 aliphatic heterocycles. The first-order valence-corrected chi connectivity index (χ1v) is 16.8. The number of ether oxygens (including phenoxy) is 1. The van der Waals surface area contributed by atoms with Gasteiger partial charge in [0.2, 0.25) is 0 Å². The van der Waals surface area contributed by atoms with Gasteiger partial charge in [0.1, 0.15) is 12.4 Å². The second kappa shape index (κ2) is 11.7. The van der Waals surface area contributed by atoms with Crippen LogP contribution in [0.15, 0.2) is 41.8 Å². The molecule has 2 aliphatic rings. The standard InChI is InChI=1S/C31H39N3O5S2/c1-21-5-8-28(39-19-25-7-6-24(16-22(25)2)18-33-11-13-41(37,38)14-12-33)26(15-21)27-20-40-30(32-27)34-10-9-31(4,29(35)36)23(3)17-34/h5-8,15-16,20,23H,9-14,17-19H2,1-4H3,(H,35,36)/t23-,31?/m0/s1. The Morgan fingerprint density at radius 3 is 2.59 bits per heavy atom. The molecule has 0 bridgehead atoms. The normalized spacial score (nSPS) is 22.9. The van der Waals surface area contributed by atoms with Crippen molar-refractivity contribution in [1.82, 2.24) is 9.88 Å². The first-order valence-electron chi connectivity index (χ1n) is 14.1. The Hall–Kier alpha value is -2.95. The molecule has 3 heterocycles. The van der Waals surface area contributed by atoms with E-state index in [9.17, 15) is 18.3 Å². The molecule has 10 heteroatoms. The quantitative estimate of drug-likeness (QED) is 0.380. The summed E-state index contributed by atoms with van der Waals surface area (Å²) in [5, 5.41) is 12.7. The first-order chi connectivity index (χ1) is 19.4. The van der Waals surface area contributed by atoms with Crippen molar-refractivity contribution in [2.45, 2.75) is 47.3 Å². The number of piperidine rings is 1. The van der Waals surface area contributed by atoms with Crippen LogP contribution in [0.25, 0.3) is 11.3 Å². The third-order valence-corrected chi connectivity index (χ3v) is 11.3. The number of aliphatic carboxylic acids is 1. The fourth-order valence-electron chi connectivity index (χ4n) is 5.57. The van der Waals surface area contributed by atoms with Gasteiger partial charge in [0.05, 0.1) is 22.6 Å². The van der Waals surface area contributed by atoms with Crippen LogP contribution in [0, 0.1) is 25.2 Å². The fourth-order valence-corrected chi connectivity index (χ4v) is 7.71. The molecule has 220 valence electrons. The Bertz CT molecular complexity index is 1520. The topological polar surface area (TPSA) is 100 Å². The van der Waals surface area contributed by atoms with E-state index in [2.05, 4.69) is 53.3 Å². The highest BCUT2D eigenvalue weighted by Gasteiger charge is 2.43. The highest BCUT2D eigenvalue weighted by molar-refractivity contribution is 7.91. The van der Waals surface area contributed by atoms with Crippen LogP contribution in [-0.2, 0) is 27.8 Å². The van der Waals surface area contributed by atoms with E-state index in [4.69, 9.17) is 9.72 Å². The third kappa shape index (κ3) is 6.60. The molecule has 41 heavy (non-hydrogen) atoms. The van der Waals surface area contributed by atoms with Gasteiger partial charge >= 0.3 is 5.97 Å². The molecule has 5 rings (SSSR count). The van der Waals surface area contributed by atoms with Crippen molar-refractivity contribution in [3.8, 4) is 17.0 Å². The minimum atomic E-state index is -2.88. The Balaban J connectivity index is 1.26. The number of aromatic nitrogens is 1. The van der Waals surface area contributed by atoms with Crippen molar-refractivity contribution in [2.24, 2.45) is 11.3 Å². The maximum absolute atomic E-state index is 11.8. The lowest BCUT2D eigenvalue weighted by Crippen LogP contribution is -2.48. The van der Waals surface area contributed by atoms with Gasteiger partial charge in [0.15, 0.2) is 15.0 Å². The average molecular weight is 598 g/mol. The van der Waals surface area contributed by atoms with Crippen molar-refractivity contribution in [1.29, 1.82) is 0 Å². The van der Waals surface area contributed by atoms with Gasteiger partial charge in [-0.3, -0.25) is 9.69 Å². The number of hydrogen-bond donors (Lipinski definition) is 1. The van der Waals surface area contributed by atoms with Crippen LogP contribution in [0.1, 0.15) is 42.5 Å². The largest absolute Gasteiger partial charge is 0.488 e. The molecule has 2 atom stereocenters. The summed E-state index contributed by atoms with van der Waals surface area (Å²) in [7, 11) is -2.88. The van der Waals surface area contributed by atoms with Crippen LogP contribution in [-0.4, -0.2) is 67.1 Å². The number of anilines is 1. The molecule has 8 nitrogen and oxygen atoms in total. The van der Waals surface area contributed by atoms with Crippen LogP contribution < -0.4 is 9.64 Å². The molecule has 2 saturated heterocycles. The van der Waals surface area contributed by atoms with Gasteiger partial charge in [-0.05, 0) is 61.9 Å². The zero-order valence-electron chi connectivity index (χ0n) is 24.2. The Morgan fingerprint density at radius 2 is 1.90 bits per heavy atom. The van der Waals surface area contributed by atoms with Crippen LogP contribution in [0.3, 0.4) is 0 Å². The fraction of sp³-hybridized carbons (Fsp3) is 0.484. The molecule has 1 N–H and O–H groups in total. The minimum absolute atomic E-state index is 0.0181. The van der Waals surface area contributed by atoms with Gasteiger partial charge in [0.25, 0.3) is 0 Å². The molecule has 2 fully saturated rings. The zero-order valence-corrected chi connectivity index (χ0v) is 25.9. The van der Waals surface area contributed by atoms with Gasteiger partial charge < -0.3 is 14.7 Å². The van der Waals surface area contributed by atoms with Crippen LogP contribution in [0.2, 0.25) is 0 Å². The highest BCUT2D eigenvalue weighted by Crippen LogP contribution is 2.40. The number of aryl methyl sites for hydroxylation is 2. The average Bonchev–Trinajstić information content (AvgIpc) is 3.42. The van der Waals surface area contributed by atoms with E-state index in [1.54, 1.807) is 11.3 Å². The van der Waals surface area contributed by atoms with Gasteiger partial charge in [-0.2, -0.15) is 0 Å². The molecule has 0 spiro atoms. The first kappa shape index (κ1) is 29.5. The summed E-state index contributed by atoms with van der Waals surface area (Å²) in [6.07, 6.45) is 0.593. The maximum atomic E-state index is 11.8. The molecule has 0 amide bonds. The summed E-state index contributed by atoms with van der Waals surface area (Å²) in [5.41, 5.74) is 5.64. The number of carboxylic acid groups (broad SMARTS) is 1. The second-order valence-electron chi connectivity index (χ2n) is 11.8. The number of benzene rings is 2. The summed E-state index contributed by atoms with van der Waals surface area (Å²) >= 11 is 1.58. The molecule has 0 radical (unpaired) electrons. The second-order valence-corrected chi connectivity index (χ2v) is 15.0. The molecular formula is C31H39N3O5S2. The predicted molar refractivity (Wildman–Crippen MR) is 163 cm³/mol. The number of nitrogens with zero attached hydrogens (tertiary/aromatic N) is 3. The van der Waals surface area contributed by atoms with E-state index in [0.29, 0.717) is 39.2 Å². The number of hydrogen-bond acceptors (Lipinski definition) is 8. The van der Waals surface area contributed by atoms with E-state index in [0.717, 1.165) is 45.4 Å². The summed E-state index contributed by atoms with van der Waals surface area (Å²) in [6, 6.07) is 12.5. The smallest absolute Gasteiger partial charge is 0.309 e. The Kier molecular flexibility index (Phi) is 8.46. The molecule has 1 aromatic heterocycles. The predicted octanol–water partition coefficient (Wildman–Crippen LogP) is 5.17. The summed E-state index contributed by atoms with van der Waals surface area (Å²) in [4.78, 5) is 21.2. The molecule has 1 unspecified atom stereocenters. The number of sulfone groups is 1. The number of rotatable bonds is 8. The van der Waals surface area contributed by atoms with Crippen LogP contribution in [0.5, 0.6) is 5.75 Å². The Morgan fingerprint density at radius 1 is 1.15 bits per heavy atom. The molecule has 0 aliphatic carbocycles. The summed E-state index contributed by atoms with van der Waals surface area (Å²) < 4.78 is 29.8. The van der Waals surface area contributed by atoms with E-state index >= 15 is 0 Å². The van der Waals surface area contributed by atoms with Crippen molar-refractivity contribution >= 4 is 32.3 Å². The molecule has 3 aromatic rings. The van der Waals surface area contributed by atoms with E-state index < -0.39 is 21.2 Å². The lowest BCUT2D eigenvalue weighted by Gasteiger charge is -2.41. The van der Waals surface area contributed by atoms with E-state index in [1.807, 2.05) is 26.0 Å². The van der Waals surface area contributed by atoms with E-state index in [-0.39, 0.29) is 17.4 Å².